The molecule has 1 unspecified atom stereocenters. The predicted molar refractivity (Wildman–Crippen MR) is 145 cm³/mol. The van der Waals surface area contributed by atoms with Crippen LogP contribution in [0, 0.1) is 0 Å². The van der Waals surface area contributed by atoms with Crippen LogP contribution in [-0.4, -0.2) is 16.7 Å². The number of halogens is 2. The van der Waals surface area contributed by atoms with Gasteiger partial charge in [-0.3, -0.25) is 9.59 Å². The lowest BCUT2D eigenvalue weighted by Crippen LogP contribution is -2.43. The van der Waals surface area contributed by atoms with Gasteiger partial charge in [-0.2, -0.15) is 0 Å². The van der Waals surface area contributed by atoms with Crippen LogP contribution in [0.4, 0.5) is 0 Å². The number of carbonyl (C=O) groups excluding carboxylic acids is 2. The van der Waals surface area contributed by atoms with Crippen LogP contribution in [0.25, 0.3) is 0 Å². The normalized spacial score (nSPS) is 11.5. The largest absolute Gasteiger partial charge is 0.350 e. The third kappa shape index (κ3) is 6.75. The second-order valence-corrected chi connectivity index (χ2v) is 9.28. The fourth-order valence-electron chi connectivity index (χ4n) is 4.03. The molecule has 182 valence electrons. The first-order valence-corrected chi connectivity index (χ1v) is 12.4. The van der Waals surface area contributed by atoms with Gasteiger partial charge in [-0.1, -0.05) is 120 Å². The molecule has 0 aromatic heterocycles. The van der Waals surface area contributed by atoms with Gasteiger partial charge in [0.05, 0.1) is 6.42 Å². The average molecular weight is 517 g/mol. The molecule has 0 spiro atoms. The summed E-state index contributed by atoms with van der Waals surface area (Å²) in [6.45, 7) is 0.505. The van der Waals surface area contributed by atoms with E-state index in [0.717, 1.165) is 22.3 Å². The van der Waals surface area contributed by atoms with E-state index in [0.29, 0.717) is 16.6 Å². The molecule has 1 N–H and O–H groups in total. The van der Waals surface area contributed by atoms with Crippen molar-refractivity contribution in [3.63, 3.8) is 0 Å². The topological polar surface area (TPSA) is 49.4 Å². The van der Waals surface area contributed by atoms with E-state index >= 15 is 0 Å². The molecule has 0 saturated carbocycles. The third-order valence-corrected chi connectivity index (χ3v) is 6.44. The second-order valence-electron chi connectivity index (χ2n) is 8.44. The van der Waals surface area contributed by atoms with Crippen LogP contribution in [0.3, 0.4) is 0 Å². The van der Waals surface area contributed by atoms with E-state index in [9.17, 15) is 9.59 Å². The highest BCUT2D eigenvalue weighted by atomic mass is 35.5. The van der Waals surface area contributed by atoms with Crippen molar-refractivity contribution in [3.8, 4) is 0 Å². The van der Waals surface area contributed by atoms with Crippen LogP contribution in [0.15, 0.2) is 109 Å². The van der Waals surface area contributed by atoms with Gasteiger partial charge in [0.15, 0.2) is 0 Å². The van der Waals surface area contributed by atoms with Crippen LogP contribution in [-0.2, 0) is 29.1 Å². The van der Waals surface area contributed by atoms with E-state index in [-0.39, 0.29) is 24.8 Å². The zero-order valence-electron chi connectivity index (χ0n) is 19.6. The number of nitrogens with one attached hydrogen (secondary N) is 1. The molecule has 1 atom stereocenters. The fourth-order valence-corrected chi connectivity index (χ4v) is 4.50. The average Bonchev–Trinajstić information content (AvgIpc) is 2.89. The summed E-state index contributed by atoms with van der Waals surface area (Å²) in [5.74, 6) is -0.428. The lowest BCUT2D eigenvalue weighted by molar-refractivity contribution is -0.141. The Morgan fingerprint density at radius 3 is 1.94 bits per heavy atom. The molecule has 0 fully saturated rings. The molecule has 4 rings (SSSR count). The summed E-state index contributed by atoms with van der Waals surface area (Å²) >= 11 is 12.3. The van der Waals surface area contributed by atoms with E-state index in [4.69, 9.17) is 23.2 Å². The van der Waals surface area contributed by atoms with Crippen LogP contribution >= 0.6 is 23.2 Å². The van der Waals surface area contributed by atoms with Gasteiger partial charge in [0.2, 0.25) is 11.8 Å². The zero-order valence-corrected chi connectivity index (χ0v) is 21.1. The highest BCUT2D eigenvalue weighted by molar-refractivity contribution is 6.35. The molecule has 0 radical (unpaired) electrons. The van der Waals surface area contributed by atoms with E-state index in [2.05, 4.69) is 5.32 Å². The number of nitrogens with zero attached hydrogens (tertiary/aromatic N) is 1. The maximum Gasteiger partial charge on any atom is 0.247 e. The highest BCUT2D eigenvalue weighted by Crippen LogP contribution is 2.26. The lowest BCUT2D eigenvalue weighted by atomic mass is 10.0. The summed E-state index contributed by atoms with van der Waals surface area (Å²) in [5.41, 5.74) is 3.30. The minimum absolute atomic E-state index is 0.140. The molecule has 4 aromatic rings. The molecular formula is C30H26Cl2N2O2. The molecule has 4 nitrogen and oxygen atoms in total. The molecule has 0 aliphatic carbocycles. The number of rotatable bonds is 9. The van der Waals surface area contributed by atoms with Crippen LogP contribution in [0.1, 0.15) is 28.3 Å². The molecule has 0 bridgehead atoms. The number of amides is 2. The summed E-state index contributed by atoms with van der Waals surface area (Å²) in [4.78, 5) is 29.1. The van der Waals surface area contributed by atoms with Crippen molar-refractivity contribution in [1.82, 2.24) is 10.2 Å². The van der Waals surface area contributed by atoms with Gasteiger partial charge in [-0.15, -0.1) is 0 Å². The third-order valence-electron chi connectivity index (χ3n) is 5.86. The summed E-state index contributed by atoms with van der Waals surface area (Å²) in [6.07, 6.45) is 0.188. The molecule has 4 aromatic carbocycles. The van der Waals surface area contributed by atoms with Crippen LogP contribution in [0.2, 0.25) is 10.0 Å². The van der Waals surface area contributed by atoms with E-state index < -0.39 is 6.04 Å². The van der Waals surface area contributed by atoms with Gasteiger partial charge >= 0.3 is 0 Å². The Bertz CT molecular complexity index is 1300. The van der Waals surface area contributed by atoms with Gasteiger partial charge in [0.1, 0.15) is 6.04 Å². The van der Waals surface area contributed by atoms with Gasteiger partial charge in [0, 0.05) is 23.1 Å². The molecular weight excluding hydrogens is 491 g/mol. The summed E-state index contributed by atoms with van der Waals surface area (Å²) in [5, 5.41) is 3.98. The van der Waals surface area contributed by atoms with Gasteiger partial charge in [-0.25, -0.2) is 0 Å². The lowest BCUT2D eigenvalue weighted by Gasteiger charge is -2.32. The van der Waals surface area contributed by atoms with Crippen molar-refractivity contribution < 1.29 is 9.59 Å². The molecule has 0 aliphatic rings. The van der Waals surface area contributed by atoms with E-state index in [1.807, 2.05) is 91.0 Å². The van der Waals surface area contributed by atoms with Gasteiger partial charge in [0.25, 0.3) is 0 Å². The quantitative estimate of drug-likeness (QED) is 0.271. The second kappa shape index (κ2) is 12.4. The van der Waals surface area contributed by atoms with Crippen molar-refractivity contribution in [1.29, 1.82) is 0 Å². The standard InChI is InChI=1S/C30H26Cl2N2O2/c31-26-17-16-25(27(32)19-26)20-33-30(36)29(24-14-8-3-9-15-24)34(21-23-12-6-2-7-13-23)28(35)18-22-10-4-1-5-11-22/h1-17,19,29H,18,20-21H2,(H,33,36). The predicted octanol–water partition coefficient (Wildman–Crippen LogP) is 6.62. The molecule has 2 amide bonds. The molecule has 36 heavy (non-hydrogen) atoms. The van der Waals surface area contributed by atoms with Crippen molar-refractivity contribution in [3.05, 3.63) is 141 Å². The first-order chi connectivity index (χ1) is 17.5. The van der Waals surface area contributed by atoms with E-state index in [1.54, 1.807) is 23.1 Å². The number of carbonyl (C=O) groups is 2. The maximum absolute atomic E-state index is 13.7. The monoisotopic (exact) mass is 516 g/mol. The molecule has 0 aliphatic heterocycles. The fraction of sp³-hybridized carbons (Fsp3) is 0.133. The van der Waals surface area contributed by atoms with Gasteiger partial charge < -0.3 is 10.2 Å². The number of benzene rings is 4. The van der Waals surface area contributed by atoms with Crippen molar-refractivity contribution in [2.45, 2.75) is 25.6 Å². The molecule has 0 saturated heterocycles. The Kier molecular flexibility index (Phi) is 8.77. The van der Waals surface area contributed by atoms with Crippen molar-refractivity contribution in [2.75, 3.05) is 0 Å². The summed E-state index contributed by atoms with van der Waals surface area (Å²) in [6, 6.07) is 32.9. The minimum atomic E-state index is -0.825. The van der Waals surface area contributed by atoms with Crippen molar-refractivity contribution >= 4 is 35.0 Å². The number of hydrogen-bond donors (Lipinski definition) is 1. The molecule has 0 heterocycles. The minimum Gasteiger partial charge on any atom is -0.350 e. The Labute approximate surface area is 221 Å². The Morgan fingerprint density at radius 1 is 0.750 bits per heavy atom. The maximum atomic E-state index is 13.7. The number of hydrogen-bond acceptors (Lipinski definition) is 2. The van der Waals surface area contributed by atoms with Gasteiger partial charge in [-0.05, 0) is 34.4 Å². The Morgan fingerprint density at radius 2 is 1.33 bits per heavy atom. The van der Waals surface area contributed by atoms with Crippen molar-refractivity contribution in [2.24, 2.45) is 0 Å². The molecule has 6 heteroatoms. The highest BCUT2D eigenvalue weighted by Gasteiger charge is 2.31. The Hall–Kier alpha value is -3.60. The van der Waals surface area contributed by atoms with Crippen LogP contribution < -0.4 is 5.32 Å². The first-order valence-electron chi connectivity index (χ1n) is 11.6. The summed E-state index contributed by atoms with van der Waals surface area (Å²) in [7, 11) is 0. The smallest absolute Gasteiger partial charge is 0.247 e. The summed E-state index contributed by atoms with van der Waals surface area (Å²) < 4.78 is 0. The SMILES string of the molecule is O=C(NCc1ccc(Cl)cc1Cl)C(c1ccccc1)N(Cc1ccccc1)C(=O)Cc1ccccc1. The Balaban J connectivity index is 1.66. The van der Waals surface area contributed by atoms with E-state index in [1.165, 1.54) is 0 Å². The zero-order chi connectivity index (χ0) is 25.3. The first kappa shape index (κ1) is 25.5. The van der Waals surface area contributed by atoms with Crippen LogP contribution in [0.5, 0.6) is 0 Å².